The fourth-order valence-corrected chi connectivity index (χ4v) is 2.82. The second-order valence-electron chi connectivity index (χ2n) is 5.18. The molecule has 0 saturated carbocycles. The molecule has 3 heteroatoms. The number of benzene rings is 1. The van der Waals surface area contributed by atoms with Crippen molar-refractivity contribution in [1.82, 2.24) is 10.3 Å². The maximum atomic E-state index is 5.29. The highest BCUT2D eigenvalue weighted by Gasteiger charge is 2.25. The summed E-state index contributed by atoms with van der Waals surface area (Å²) in [4.78, 5) is 3.38. The first-order valence-electron chi connectivity index (χ1n) is 6.67. The fourth-order valence-electron chi connectivity index (χ4n) is 2.82. The van der Waals surface area contributed by atoms with Gasteiger partial charge in [0.25, 0.3) is 0 Å². The first-order chi connectivity index (χ1) is 8.88. The van der Waals surface area contributed by atoms with E-state index in [1.807, 2.05) is 7.05 Å². The monoisotopic (exact) mass is 244 g/mol. The van der Waals surface area contributed by atoms with Crippen molar-refractivity contribution in [3.05, 3.63) is 36.0 Å². The Bertz CT molecular complexity index is 516. The number of hydrogen-bond donors (Lipinski definition) is 2. The van der Waals surface area contributed by atoms with Gasteiger partial charge in [0.05, 0.1) is 13.2 Å². The van der Waals surface area contributed by atoms with E-state index >= 15 is 0 Å². The van der Waals surface area contributed by atoms with Crippen LogP contribution in [0.15, 0.2) is 30.5 Å². The second kappa shape index (κ2) is 5.12. The molecule has 1 unspecified atom stereocenters. The van der Waals surface area contributed by atoms with E-state index in [1.54, 1.807) is 0 Å². The van der Waals surface area contributed by atoms with E-state index in [9.17, 15) is 0 Å². The third kappa shape index (κ3) is 2.16. The largest absolute Gasteiger partial charge is 0.381 e. The summed E-state index contributed by atoms with van der Waals surface area (Å²) in [5.74, 6) is 1.30. The molecule has 1 atom stereocenters. The van der Waals surface area contributed by atoms with Gasteiger partial charge in [-0.05, 0) is 31.0 Å². The van der Waals surface area contributed by atoms with Crippen LogP contribution in [0.2, 0.25) is 0 Å². The summed E-state index contributed by atoms with van der Waals surface area (Å²) in [6.45, 7) is 2.89. The van der Waals surface area contributed by atoms with E-state index in [0.29, 0.717) is 5.92 Å². The Kier molecular flexibility index (Phi) is 3.35. The normalized spacial score (nSPS) is 17.8. The van der Waals surface area contributed by atoms with Gasteiger partial charge in [0.15, 0.2) is 0 Å². The highest BCUT2D eigenvalue weighted by molar-refractivity contribution is 5.83. The minimum atomic E-state index is 0.569. The Balaban J connectivity index is 1.87. The Morgan fingerprint density at radius 3 is 2.94 bits per heavy atom. The van der Waals surface area contributed by atoms with Gasteiger partial charge in [0, 0.05) is 29.6 Å². The molecule has 2 N–H and O–H groups in total. The van der Waals surface area contributed by atoms with Crippen molar-refractivity contribution >= 4 is 10.9 Å². The fraction of sp³-hybridized carbons (Fsp3) is 0.467. The molecule has 18 heavy (non-hydrogen) atoms. The van der Waals surface area contributed by atoms with Gasteiger partial charge < -0.3 is 15.0 Å². The van der Waals surface area contributed by atoms with Gasteiger partial charge in [-0.15, -0.1) is 0 Å². The number of H-pyrrole nitrogens is 1. The number of hydrogen-bond acceptors (Lipinski definition) is 2. The first-order valence-corrected chi connectivity index (χ1v) is 6.67. The van der Waals surface area contributed by atoms with Gasteiger partial charge in [-0.25, -0.2) is 0 Å². The number of nitrogens with one attached hydrogen (secondary N) is 2. The number of fused-ring (bicyclic) bond motifs is 1. The van der Waals surface area contributed by atoms with Crippen LogP contribution in [0.25, 0.3) is 10.9 Å². The summed E-state index contributed by atoms with van der Waals surface area (Å²) in [6, 6.07) is 8.54. The Hall–Kier alpha value is -1.32. The minimum absolute atomic E-state index is 0.569. The highest BCUT2D eigenvalue weighted by Crippen LogP contribution is 2.31. The molecule has 3 nitrogen and oxygen atoms in total. The third-order valence-corrected chi connectivity index (χ3v) is 3.84. The van der Waals surface area contributed by atoms with Crippen LogP contribution in [0.5, 0.6) is 0 Å². The van der Waals surface area contributed by atoms with Crippen LogP contribution in [-0.4, -0.2) is 31.8 Å². The smallest absolute Gasteiger partial charge is 0.0516 e. The number of rotatable bonds is 5. The van der Waals surface area contributed by atoms with E-state index < -0.39 is 0 Å². The van der Waals surface area contributed by atoms with Crippen molar-refractivity contribution in [3.8, 4) is 0 Å². The average molecular weight is 244 g/mol. The van der Waals surface area contributed by atoms with Crippen molar-refractivity contribution in [2.75, 3.05) is 26.8 Å². The number of aromatic amines is 1. The molecular weight excluding hydrogens is 224 g/mol. The molecule has 1 aromatic carbocycles. The molecule has 2 heterocycles. The number of likely N-dealkylation sites (N-methyl/N-ethyl adjacent to an activating group) is 1. The predicted molar refractivity (Wildman–Crippen MR) is 73.9 cm³/mol. The molecule has 0 spiro atoms. The zero-order chi connectivity index (χ0) is 12.4. The van der Waals surface area contributed by atoms with Gasteiger partial charge in [-0.3, -0.25) is 0 Å². The lowest BCUT2D eigenvalue weighted by Crippen LogP contribution is -2.31. The lowest BCUT2D eigenvalue weighted by atomic mass is 9.87. The summed E-state index contributed by atoms with van der Waals surface area (Å²) in [6.07, 6.45) is 3.38. The van der Waals surface area contributed by atoms with Crippen LogP contribution in [-0.2, 0) is 4.74 Å². The van der Waals surface area contributed by atoms with Crippen LogP contribution >= 0.6 is 0 Å². The first kappa shape index (κ1) is 11.8. The zero-order valence-electron chi connectivity index (χ0n) is 10.8. The maximum absolute atomic E-state index is 5.29. The molecule has 0 amide bonds. The SMILES string of the molecule is CNCC(CC1COC1)c1c[nH]c2ccccc12. The molecule has 2 aromatic rings. The quantitative estimate of drug-likeness (QED) is 0.848. The Labute approximate surface area is 108 Å². The van der Waals surface area contributed by atoms with Crippen LogP contribution in [0, 0.1) is 5.92 Å². The van der Waals surface area contributed by atoms with E-state index in [4.69, 9.17) is 4.74 Å². The van der Waals surface area contributed by atoms with Crippen molar-refractivity contribution in [2.45, 2.75) is 12.3 Å². The topological polar surface area (TPSA) is 37.0 Å². The number of para-hydroxylation sites is 1. The van der Waals surface area contributed by atoms with Crippen LogP contribution < -0.4 is 5.32 Å². The molecule has 0 aliphatic carbocycles. The van der Waals surface area contributed by atoms with Crippen molar-refractivity contribution in [3.63, 3.8) is 0 Å². The molecule has 1 saturated heterocycles. The lowest BCUT2D eigenvalue weighted by molar-refractivity contribution is -0.0383. The van der Waals surface area contributed by atoms with Crippen molar-refractivity contribution in [1.29, 1.82) is 0 Å². The van der Waals surface area contributed by atoms with Gasteiger partial charge in [-0.1, -0.05) is 18.2 Å². The highest BCUT2D eigenvalue weighted by atomic mass is 16.5. The summed E-state index contributed by atoms with van der Waals surface area (Å²) < 4.78 is 5.29. The minimum Gasteiger partial charge on any atom is -0.381 e. The number of aromatic nitrogens is 1. The number of ether oxygens (including phenoxy) is 1. The lowest BCUT2D eigenvalue weighted by Gasteiger charge is -2.29. The van der Waals surface area contributed by atoms with Crippen LogP contribution in [0.1, 0.15) is 17.9 Å². The van der Waals surface area contributed by atoms with Gasteiger partial charge in [0.1, 0.15) is 0 Å². The molecule has 3 rings (SSSR count). The van der Waals surface area contributed by atoms with Gasteiger partial charge >= 0.3 is 0 Å². The van der Waals surface area contributed by atoms with E-state index in [-0.39, 0.29) is 0 Å². The average Bonchev–Trinajstić information content (AvgIpc) is 2.76. The van der Waals surface area contributed by atoms with Crippen LogP contribution in [0.3, 0.4) is 0 Å². The molecule has 1 aliphatic heterocycles. The molecule has 1 aromatic heterocycles. The predicted octanol–water partition coefficient (Wildman–Crippen LogP) is 2.51. The van der Waals surface area contributed by atoms with Crippen molar-refractivity contribution < 1.29 is 4.74 Å². The Morgan fingerprint density at radius 2 is 2.22 bits per heavy atom. The molecule has 0 radical (unpaired) electrons. The molecule has 96 valence electrons. The molecular formula is C15H20N2O. The molecule has 0 bridgehead atoms. The third-order valence-electron chi connectivity index (χ3n) is 3.84. The summed E-state index contributed by atoms with van der Waals surface area (Å²) in [7, 11) is 2.03. The summed E-state index contributed by atoms with van der Waals surface area (Å²) in [5.41, 5.74) is 2.67. The van der Waals surface area contributed by atoms with Gasteiger partial charge in [-0.2, -0.15) is 0 Å². The van der Waals surface area contributed by atoms with Crippen molar-refractivity contribution in [2.24, 2.45) is 5.92 Å². The maximum Gasteiger partial charge on any atom is 0.0516 e. The van der Waals surface area contributed by atoms with E-state index in [2.05, 4.69) is 40.8 Å². The van der Waals surface area contributed by atoms with Crippen LogP contribution in [0.4, 0.5) is 0 Å². The van der Waals surface area contributed by atoms with Gasteiger partial charge in [0.2, 0.25) is 0 Å². The Morgan fingerprint density at radius 1 is 1.39 bits per heavy atom. The summed E-state index contributed by atoms with van der Waals surface area (Å²) >= 11 is 0. The molecule has 1 fully saturated rings. The zero-order valence-corrected chi connectivity index (χ0v) is 10.8. The molecule has 1 aliphatic rings. The van der Waals surface area contributed by atoms with E-state index in [0.717, 1.165) is 25.7 Å². The summed E-state index contributed by atoms with van der Waals surface area (Å²) in [5, 5.41) is 4.68. The van der Waals surface area contributed by atoms with E-state index in [1.165, 1.54) is 22.9 Å². The standard InChI is InChI=1S/C15H20N2O/c1-16-7-12(6-11-9-18-10-11)14-8-17-15-5-3-2-4-13(14)15/h2-5,8,11-12,16-17H,6-7,9-10H2,1H3. The second-order valence-corrected chi connectivity index (χ2v) is 5.18.